The second-order valence-corrected chi connectivity index (χ2v) is 9.04. The molecule has 5 rings (SSSR count). The van der Waals surface area contributed by atoms with Crippen LogP contribution in [0.3, 0.4) is 0 Å². The van der Waals surface area contributed by atoms with E-state index in [2.05, 4.69) is 37.1 Å². The van der Waals surface area contributed by atoms with Crippen LogP contribution >= 0.6 is 0 Å². The van der Waals surface area contributed by atoms with Gasteiger partial charge in [-0.1, -0.05) is 0 Å². The smallest absolute Gasteiger partial charge is 0.272 e. The van der Waals surface area contributed by atoms with E-state index in [0.29, 0.717) is 29.8 Å². The van der Waals surface area contributed by atoms with Crippen LogP contribution in [0.4, 0.5) is 19.0 Å². The molecule has 3 aromatic rings. The first kappa shape index (κ1) is 23.0. The maximum atomic E-state index is 14.2. The molecule has 2 aromatic heterocycles. The fourth-order valence-electron chi connectivity index (χ4n) is 4.97. The molecule has 182 valence electrons. The van der Waals surface area contributed by atoms with Crippen molar-refractivity contribution in [3.8, 4) is 11.1 Å². The highest BCUT2D eigenvalue weighted by molar-refractivity contribution is 6.45. The summed E-state index contributed by atoms with van der Waals surface area (Å²) in [7, 11) is 3.23. The molecule has 2 aliphatic rings. The third kappa shape index (κ3) is 4.15. The van der Waals surface area contributed by atoms with Gasteiger partial charge in [-0.3, -0.25) is 14.5 Å². The fourth-order valence-corrected chi connectivity index (χ4v) is 4.97. The second-order valence-electron chi connectivity index (χ2n) is 9.04. The minimum atomic E-state index is -2.57. The van der Waals surface area contributed by atoms with Gasteiger partial charge in [0.1, 0.15) is 23.0 Å². The largest absolute Gasteiger partial charge is 0.347 e. The number of alkyl halides is 2. The van der Waals surface area contributed by atoms with E-state index < -0.39 is 29.5 Å². The van der Waals surface area contributed by atoms with Crippen molar-refractivity contribution in [1.29, 1.82) is 0 Å². The van der Waals surface area contributed by atoms with E-state index in [1.807, 2.05) is 0 Å². The van der Waals surface area contributed by atoms with Gasteiger partial charge in [-0.2, -0.15) is 5.10 Å². The zero-order valence-electron chi connectivity index (χ0n) is 19.2. The van der Waals surface area contributed by atoms with Gasteiger partial charge >= 0.3 is 0 Å². The number of hydrogen-bond acceptors (Lipinski definition) is 5. The maximum Gasteiger partial charge on any atom is 0.272 e. The molecular weight excluding hydrogens is 459 g/mol. The minimum absolute atomic E-state index is 0.0449. The number of hydrogen-bond donors (Lipinski definition) is 2. The summed E-state index contributed by atoms with van der Waals surface area (Å²) in [5.41, 5.74) is 2.28. The van der Waals surface area contributed by atoms with Crippen molar-refractivity contribution in [2.75, 3.05) is 7.05 Å². The Morgan fingerprint density at radius 3 is 2.66 bits per heavy atom. The first-order valence-electron chi connectivity index (χ1n) is 11.2. The molecule has 0 saturated heterocycles. The monoisotopic (exact) mass is 483 g/mol. The highest BCUT2D eigenvalue weighted by Gasteiger charge is 2.71. The molecule has 1 aromatic carbocycles. The molecule has 0 bridgehead atoms. The highest BCUT2D eigenvalue weighted by atomic mass is 19.3. The van der Waals surface area contributed by atoms with Crippen LogP contribution in [0.25, 0.3) is 11.1 Å². The topological polar surface area (TPSA) is 100 Å². The number of aromatic nitrogens is 4. The van der Waals surface area contributed by atoms with Crippen LogP contribution in [0.15, 0.2) is 40.6 Å². The Morgan fingerprint density at radius 1 is 1.29 bits per heavy atom. The van der Waals surface area contributed by atoms with Crippen molar-refractivity contribution < 1.29 is 18.0 Å². The van der Waals surface area contributed by atoms with E-state index in [9.17, 15) is 18.0 Å². The van der Waals surface area contributed by atoms with Crippen molar-refractivity contribution in [3.63, 3.8) is 0 Å². The van der Waals surface area contributed by atoms with Crippen molar-refractivity contribution in [1.82, 2.24) is 25.1 Å². The zero-order valence-corrected chi connectivity index (χ0v) is 19.2. The van der Waals surface area contributed by atoms with E-state index in [0.717, 1.165) is 5.56 Å². The molecule has 2 fully saturated rings. The number of nitrogens with zero attached hydrogens (tertiary/aromatic N) is 5. The van der Waals surface area contributed by atoms with E-state index in [1.165, 1.54) is 19.2 Å². The van der Waals surface area contributed by atoms with Gasteiger partial charge in [0.15, 0.2) is 5.82 Å². The van der Waals surface area contributed by atoms with Gasteiger partial charge in [0.25, 0.3) is 11.8 Å². The third-order valence-electron chi connectivity index (χ3n) is 6.81. The van der Waals surface area contributed by atoms with Crippen LogP contribution in [-0.4, -0.2) is 51.1 Å². The van der Waals surface area contributed by atoms with E-state index in [4.69, 9.17) is 0 Å². The lowest BCUT2D eigenvalue weighted by atomic mass is 10.0. The van der Waals surface area contributed by atoms with Crippen molar-refractivity contribution in [3.05, 3.63) is 53.5 Å². The molecule has 11 heteroatoms. The summed E-state index contributed by atoms with van der Waals surface area (Å²) in [6, 6.07) is 4.52. The number of imidazole rings is 1. The number of carbonyl (C=O) groups excluding carboxylic acids is 1. The Balaban J connectivity index is 1.31. The number of aromatic amines is 1. The Kier molecular flexibility index (Phi) is 5.57. The lowest BCUT2D eigenvalue weighted by Crippen LogP contribution is -2.31. The van der Waals surface area contributed by atoms with Gasteiger partial charge in [-0.25, -0.2) is 23.1 Å². The molecule has 2 heterocycles. The molecule has 35 heavy (non-hydrogen) atoms. The standard InChI is InChI=1S/C24H24F3N7O/c1-28-20(19-22(29-2)33-21(32-19)14-7-17-18(8-14)24(17,26)27)23(35)30-9-12-4-13(6-16(25)5-12)15-10-31-34(3)11-15/h4-6,10-11,14,17-18H,2,7-9H2,1,3H3,(H,30,35)(H,32,33). The van der Waals surface area contributed by atoms with Gasteiger partial charge in [0.2, 0.25) is 0 Å². The fraction of sp³-hybridized carbons (Fsp3) is 0.375. The second kappa shape index (κ2) is 8.47. The maximum absolute atomic E-state index is 14.2. The number of rotatable bonds is 7. The lowest BCUT2D eigenvalue weighted by Gasteiger charge is -2.11. The summed E-state index contributed by atoms with van der Waals surface area (Å²) in [5, 5.41) is 6.85. The molecule has 2 atom stereocenters. The van der Waals surface area contributed by atoms with Gasteiger partial charge in [0.05, 0.1) is 6.20 Å². The number of aliphatic imine (C=N–C) groups is 2. The quantitative estimate of drug-likeness (QED) is 0.500. The van der Waals surface area contributed by atoms with Gasteiger partial charge < -0.3 is 10.3 Å². The third-order valence-corrected chi connectivity index (χ3v) is 6.81. The Hall–Kier alpha value is -3.76. The van der Waals surface area contributed by atoms with E-state index >= 15 is 0 Å². The minimum Gasteiger partial charge on any atom is -0.347 e. The van der Waals surface area contributed by atoms with Gasteiger partial charge in [0, 0.05) is 50.2 Å². The van der Waals surface area contributed by atoms with Crippen LogP contribution in [0.2, 0.25) is 0 Å². The predicted molar refractivity (Wildman–Crippen MR) is 125 cm³/mol. The predicted octanol–water partition coefficient (Wildman–Crippen LogP) is 3.78. The molecule has 2 aliphatic carbocycles. The number of benzene rings is 1. The summed E-state index contributed by atoms with van der Waals surface area (Å²) in [5.74, 6) is -4.19. The van der Waals surface area contributed by atoms with Crippen molar-refractivity contribution in [2.45, 2.75) is 31.2 Å². The lowest BCUT2D eigenvalue weighted by molar-refractivity contribution is -0.114. The molecule has 0 aliphatic heterocycles. The SMILES string of the molecule is C=Nc1nc(C2CC3C(C2)C3(F)F)[nH]c1C(=NC)C(=O)NCc1cc(F)cc(-c2cnn(C)c2)c1. The van der Waals surface area contributed by atoms with Crippen LogP contribution in [0, 0.1) is 17.7 Å². The Morgan fingerprint density at radius 2 is 2.03 bits per heavy atom. The molecule has 0 spiro atoms. The van der Waals surface area contributed by atoms with Crippen molar-refractivity contribution in [2.24, 2.45) is 28.9 Å². The van der Waals surface area contributed by atoms with E-state index in [1.54, 1.807) is 30.2 Å². The normalized spacial score (nSPS) is 22.7. The van der Waals surface area contributed by atoms with Crippen molar-refractivity contribution >= 4 is 24.2 Å². The van der Waals surface area contributed by atoms with Crippen LogP contribution < -0.4 is 5.32 Å². The summed E-state index contributed by atoms with van der Waals surface area (Å²) < 4.78 is 43.0. The van der Waals surface area contributed by atoms with Gasteiger partial charge in [-0.15, -0.1) is 0 Å². The molecule has 0 radical (unpaired) electrons. The number of aryl methyl sites for hydroxylation is 1. The van der Waals surface area contributed by atoms with Crippen LogP contribution in [0.5, 0.6) is 0 Å². The zero-order chi connectivity index (χ0) is 24.9. The van der Waals surface area contributed by atoms with Gasteiger partial charge in [-0.05, 0) is 48.9 Å². The number of carbonyl (C=O) groups is 1. The summed E-state index contributed by atoms with van der Waals surface area (Å²) in [6.07, 6.45) is 4.08. The Labute approximate surface area is 199 Å². The molecule has 2 unspecified atom stereocenters. The number of fused-ring (bicyclic) bond motifs is 1. The highest BCUT2D eigenvalue weighted by Crippen LogP contribution is 2.67. The number of halogens is 3. The summed E-state index contributed by atoms with van der Waals surface area (Å²) in [6.45, 7) is 3.57. The molecule has 2 N–H and O–H groups in total. The first-order valence-corrected chi connectivity index (χ1v) is 11.2. The van der Waals surface area contributed by atoms with Crippen LogP contribution in [0.1, 0.15) is 35.8 Å². The molecular formula is C24H24F3N7O. The van der Waals surface area contributed by atoms with E-state index in [-0.39, 0.29) is 29.7 Å². The summed E-state index contributed by atoms with van der Waals surface area (Å²) >= 11 is 0. The number of amides is 1. The first-order chi connectivity index (χ1) is 16.7. The number of nitrogens with one attached hydrogen (secondary N) is 2. The molecule has 1 amide bonds. The average Bonchev–Trinajstić information content (AvgIpc) is 3.38. The molecule has 2 saturated carbocycles. The average molecular weight is 483 g/mol. The number of H-pyrrole nitrogens is 1. The Bertz CT molecular complexity index is 1330. The summed E-state index contributed by atoms with van der Waals surface area (Å²) in [4.78, 5) is 28.4. The molecule has 8 nitrogen and oxygen atoms in total. The van der Waals surface area contributed by atoms with Crippen LogP contribution in [-0.2, 0) is 18.4 Å².